The second kappa shape index (κ2) is 6.50. The molecule has 0 aliphatic carbocycles. The van der Waals surface area contributed by atoms with Crippen molar-refractivity contribution in [2.24, 2.45) is 5.84 Å². The monoisotopic (exact) mass is 266 g/mol. The Morgan fingerprint density at radius 1 is 1.32 bits per heavy atom. The van der Waals surface area contributed by atoms with E-state index in [2.05, 4.69) is 4.74 Å². The average Bonchev–Trinajstić information content (AvgIpc) is 2.38. The number of carboxylic acids is 1. The summed E-state index contributed by atoms with van der Waals surface area (Å²) in [7, 11) is 0. The molecule has 0 atom stereocenters. The van der Waals surface area contributed by atoms with Gasteiger partial charge in [0.25, 0.3) is 5.91 Å². The highest BCUT2D eigenvalue weighted by molar-refractivity contribution is 6.29. The second-order valence-corrected chi connectivity index (χ2v) is 3.69. The summed E-state index contributed by atoms with van der Waals surface area (Å²) in [4.78, 5) is 33.4. The topological polar surface area (TPSA) is 110 Å². The number of carbonyl (C=O) groups is 3. The number of nitrogens with two attached hydrogens (primary N) is 1. The fourth-order valence-corrected chi connectivity index (χ4v) is 1.37. The number of hydrogen-bond donors (Lipinski definition) is 2. The Morgan fingerprint density at radius 2 is 1.95 bits per heavy atom. The van der Waals surface area contributed by atoms with E-state index in [1.165, 1.54) is 18.2 Å². The number of hydrogen-bond acceptors (Lipinski definition) is 5. The van der Waals surface area contributed by atoms with Crippen LogP contribution in [-0.4, -0.2) is 34.5 Å². The smallest absolute Gasteiger partial charge is 0.422 e. The quantitative estimate of drug-likeness (QED) is 0.204. The number of carboxylic acid groups (broad SMARTS) is 1. The lowest BCUT2D eigenvalue weighted by Gasteiger charge is -2.17. The van der Waals surface area contributed by atoms with Gasteiger partial charge in [0.05, 0.1) is 5.56 Å². The minimum atomic E-state index is -1.74. The molecule has 7 heteroatoms. The first-order chi connectivity index (χ1) is 8.97. The molecular weight excluding hydrogens is 252 g/mol. The first-order valence-corrected chi connectivity index (χ1v) is 5.58. The zero-order chi connectivity index (χ0) is 14.4. The highest BCUT2D eigenvalue weighted by atomic mass is 16.6. The van der Waals surface area contributed by atoms with Gasteiger partial charge in [0.1, 0.15) is 5.75 Å². The number of ether oxygens (including phenoxy) is 1. The summed E-state index contributed by atoms with van der Waals surface area (Å²) in [5.74, 6) is 1.67. The highest BCUT2D eigenvalue weighted by Gasteiger charge is 2.21. The number of amides is 1. The van der Waals surface area contributed by atoms with Gasteiger partial charge in [-0.25, -0.2) is 15.4 Å². The lowest BCUT2D eigenvalue weighted by molar-refractivity contribution is -0.158. The van der Waals surface area contributed by atoms with E-state index in [0.717, 1.165) is 5.01 Å². The predicted molar refractivity (Wildman–Crippen MR) is 65.2 cm³/mol. The van der Waals surface area contributed by atoms with Crippen LogP contribution >= 0.6 is 0 Å². The Balaban J connectivity index is 2.98. The maximum Gasteiger partial charge on any atom is 0.422 e. The SMILES string of the molecule is CCCN(N)C(=O)c1ccccc1OC(=O)C(=O)O. The van der Waals surface area contributed by atoms with Crippen LogP contribution in [0.4, 0.5) is 0 Å². The fourth-order valence-electron chi connectivity index (χ4n) is 1.37. The van der Waals surface area contributed by atoms with Gasteiger partial charge in [0, 0.05) is 6.54 Å². The number of benzene rings is 1. The molecule has 102 valence electrons. The number of hydrazine groups is 1. The van der Waals surface area contributed by atoms with E-state index in [1.54, 1.807) is 6.07 Å². The van der Waals surface area contributed by atoms with Crippen LogP contribution in [0.15, 0.2) is 24.3 Å². The molecule has 0 unspecified atom stereocenters. The molecule has 0 radical (unpaired) electrons. The van der Waals surface area contributed by atoms with Gasteiger partial charge in [0.2, 0.25) is 0 Å². The van der Waals surface area contributed by atoms with E-state index >= 15 is 0 Å². The lowest BCUT2D eigenvalue weighted by atomic mass is 10.2. The third kappa shape index (κ3) is 3.78. The van der Waals surface area contributed by atoms with E-state index in [9.17, 15) is 14.4 Å². The highest BCUT2D eigenvalue weighted by Crippen LogP contribution is 2.19. The van der Waals surface area contributed by atoms with Gasteiger partial charge in [-0.15, -0.1) is 0 Å². The molecule has 0 saturated carbocycles. The van der Waals surface area contributed by atoms with Crippen molar-refractivity contribution in [1.82, 2.24) is 5.01 Å². The Kier molecular flexibility index (Phi) is 5.01. The van der Waals surface area contributed by atoms with E-state index < -0.39 is 17.8 Å². The molecule has 1 rings (SSSR count). The number of carbonyl (C=O) groups excluding carboxylic acids is 2. The third-order valence-electron chi connectivity index (χ3n) is 2.22. The van der Waals surface area contributed by atoms with Gasteiger partial charge in [-0.05, 0) is 18.6 Å². The Hall–Kier alpha value is -2.41. The van der Waals surface area contributed by atoms with E-state index in [-0.39, 0.29) is 11.3 Å². The molecule has 0 aliphatic rings. The standard InChI is InChI=1S/C12H14N2O5/c1-2-7-14(13)10(15)8-5-3-4-6-9(8)19-12(18)11(16)17/h3-6H,2,7,13H2,1H3,(H,16,17). The zero-order valence-electron chi connectivity index (χ0n) is 10.3. The molecule has 19 heavy (non-hydrogen) atoms. The van der Waals surface area contributed by atoms with Gasteiger partial charge in [-0.1, -0.05) is 19.1 Å². The Bertz CT molecular complexity index is 501. The average molecular weight is 266 g/mol. The Morgan fingerprint density at radius 3 is 2.53 bits per heavy atom. The van der Waals surface area contributed by atoms with Crippen LogP contribution in [-0.2, 0) is 9.59 Å². The van der Waals surface area contributed by atoms with Gasteiger partial charge < -0.3 is 9.84 Å². The van der Waals surface area contributed by atoms with Crippen molar-refractivity contribution in [2.75, 3.05) is 6.54 Å². The van der Waals surface area contributed by atoms with E-state index in [1.807, 2.05) is 6.92 Å². The number of nitrogens with zero attached hydrogens (tertiary/aromatic N) is 1. The summed E-state index contributed by atoms with van der Waals surface area (Å²) in [5, 5.41) is 9.45. The molecule has 0 saturated heterocycles. The molecule has 1 amide bonds. The maximum absolute atomic E-state index is 12.0. The van der Waals surface area contributed by atoms with E-state index in [0.29, 0.717) is 13.0 Å². The van der Waals surface area contributed by atoms with Crippen LogP contribution in [0.25, 0.3) is 0 Å². The molecule has 1 aromatic rings. The molecule has 0 aliphatic heterocycles. The van der Waals surface area contributed by atoms with Crippen LogP contribution in [0.3, 0.4) is 0 Å². The van der Waals surface area contributed by atoms with Crippen molar-refractivity contribution in [3.05, 3.63) is 29.8 Å². The predicted octanol–water partition coefficient (Wildman–Crippen LogP) is 0.402. The van der Waals surface area contributed by atoms with Gasteiger partial charge in [-0.2, -0.15) is 0 Å². The van der Waals surface area contributed by atoms with Crippen LogP contribution in [0.5, 0.6) is 5.75 Å². The molecule has 3 N–H and O–H groups in total. The number of esters is 1. The van der Waals surface area contributed by atoms with Crippen LogP contribution in [0.1, 0.15) is 23.7 Å². The molecule has 0 fully saturated rings. The van der Waals surface area contributed by atoms with Crippen LogP contribution in [0, 0.1) is 0 Å². The molecule has 1 aromatic carbocycles. The summed E-state index contributed by atoms with van der Waals surface area (Å²) < 4.78 is 4.61. The number of aliphatic carboxylic acids is 1. The van der Waals surface area contributed by atoms with Crippen molar-refractivity contribution in [3.63, 3.8) is 0 Å². The van der Waals surface area contributed by atoms with E-state index in [4.69, 9.17) is 10.9 Å². The van der Waals surface area contributed by atoms with Crippen molar-refractivity contribution >= 4 is 17.8 Å². The maximum atomic E-state index is 12.0. The van der Waals surface area contributed by atoms with Crippen LogP contribution < -0.4 is 10.6 Å². The first kappa shape index (κ1) is 14.7. The van der Waals surface area contributed by atoms with Crippen LogP contribution in [0.2, 0.25) is 0 Å². The third-order valence-corrected chi connectivity index (χ3v) is 2.22. The number of rotatable bonds is 4. The molecule has 0 aromatic heterocycles. The zero-order valence-corrected chi connectivity index (χ0v) is 10.3. The van der Waals surface area contributed by atoms with Crippen molar-refractivity contribution < 1.29 is 24.2 Å². The fraction of sp³-hybridized carbons (Fsp3) is 0.250. The summed E-state index contributed by atoms with van der Waals surface area (Å²) in [6, 6.07) is 5.81. The van der Waals surface area contributed by atoms with Crippen molar-refractivity contribution in [3.8, 4) is 5.75 Å². The number of para-hydroxylation sites is 1. The Labute approximate surface area is 109 Å². The molecule has 0 heterocycles. The normalized spacial score (nSPS) is 9.79. The minimum absolute atomic E-state index is 0.0352. The molecule has 0 bridgehead atoms. The summed E-state index contributed by atoms with van der Waals surface area (Å²) in [6.45, 7) is 2.18. The second-order valence-electron chi connectivity index (χ2n) is 3.69. The largest absolute Gasteiger partial charge is 0.473 e. The summed E-state index contributed by atoms with van der Waals surface area (Å²) in [5.41, 5.74) is 0.0352. The van der Waals surface area contributed by atoms with Gasteiger partial charge in [0.15, 0.2) is 0 Å². The summed E-state index contributed by atoms with van der Waals surface area (Å²) >= 11 is 0. The lowest BCUT2D eigenvalue weighted by Crippen LogP contribution is -2.38. The minimum Gasteiger partial charge on any atom is -0.473 e. The summed E-state index contributed by atoms with van der Waals surface area (Å²) in [6.07, 6.45) is 0.666. The molecule has 7 nitrogen and oxygen atoms in total. The van der Waals surface area contributed by atoms with Gasteiger partial charge >= 0.3 is 11.9 Å². The first-order valence-electron chi connectivity index (χ1n) is 5.58. The van der Waals surface area contributed by atoms with Gasteiger partial charge in [-0.3, -0.25) is 9.80 Å². The van der Waals surface area contributed by atoms with Crippen molar-refractivity contribution in [2.45, 2.75) is 13.3 Å². The molecule has 0 spiro atoms. The van der Waals surface area contributed by atoms with Crippen molar-refractivity contribution in [1.29, 1.82) is 0 Å². The molecular formula is C12H14N2O5.